The Hall–Kier alpha value is -0.330. The second kappa shape index (κ2) is 20.7. The van der Waals surface area contributed by atoms with Crippen LogP contribution in [0.3, 0.4) is 0 Å². The fraction of sp³-hybridized carbons (Fsp3) is 0.952. The molecule has 0 N–H and O–H groups in total. The summed E-state index contributed by atoms with van der Waals surface area (Å²) in [5.41, 5.74) is 0. The lowest BCUT2D eigenvalue weighted by atomic mass is 10.0. The lowest BCUT2D eigenvalue weighted by molar-refractivity contribution is 0.522. The summed E-state index contributed by atoms with van der Waals surface area (Å²) >= 11 is 0. The van der Waals surface area contributed by atoms with E-state index in [0.29, 0.717) is 6.42 Å². The van der Waals surface area contributed by atoms with Crippen LogP contribution in [0.4, 0.5) is 0 Å². The fourth-order valence-corrected chi connectivity index (χ4v) is 3.10. The molecule has 22 heavy (non-hydrogen) atoms. The van der Waals surface area contributed by atoms with Crippen molar-refractivity contribution in [3.63, 3.8) is 0 Å². The molecular weight excluding hydrogens is 268 g/mol. The van der Waals surface area contributed by atoms with Crippen molar-refractivity contribution in [3.8, 4) is 0 Å². The maximum atomic E-state index is 10.1. The molecule has 0 amide bonds. The van der Waals surface area contributed by atoms with Gasteiger partial charge in [-0.1, -0.05) is 116 Å². The van der Waals surface area contributed by atoms with E-state index in [0.717, 1.165) is 6.42 Å². The van der Waals surface area contributed by atoms with Crippen LogP contribution in [-0.4, -0.2) is 6.29 Å². The van der Waals surface area contributed by atoms with Crippen molar-refractivity contribution in [3.05, 3.63) is 0 Å². The largest absolute Gasteiger partial charge is 0.291 e. The van der Waals surface area contributed by atoms with E-state index in [4.69, 9.17) is 0 Å². The van der Waals surface area contributed by atoms with Gasteiger partial charge in [-0.05, 0) is 6.42 Å². The first-order chi connectivity index (χ1) is 10.9. The van der Waals surface area contributed by atoms with Crippen molar-refractivity contribution in [1.29, 1.82) is 0 Å². The van der Waals surface area contributed by atoms with Crippen molar-refractivity contribution in [2.45, 2.75) is 129 Å². The van der Waals surface area contributed by atoms with Crippen LogP contribution in [0.5, 0.6) is 0 Å². The first-order valence-corrected chi connectivity index (χ1v) is 10.3. The second-order valence-electron chi connectivity index (χ2n) is 6.90. The van der Waals surface area contributed by atoms with Gasteiger partial charge in [0.15, 0.2) is 6.29 Å². The van der Waals surface area contributed by atoms with Gasteiger partial charge in [-0.25, -0.2) is 0 Å². The highest BCUT2D eigenvalue weighted by Gasteiger charge is 1.95. The Kier molecular flexibility index (Phi) is 20.4. The molecule has 0 aliphatic rings. The van der Waals surface area contributed by atoms with Gasteiger partial charge in [0.25, 0.3) is 0 Å². The summed E-state index contributed by atoms with van der Waals surface area (Å²) in [7, 11) is 0. The average molecular weight is 310 g/mol. The third-order valence-electron chi connectivity index (χ3n) is 4.63. The van der Waals surface area contributed by atoms with Crippen molar-refractivity contribution in [1.82, 2.24) is 0 Å². The fourth-order valence-electron chi connectivity index (χ4n) is 3.10. The van der Waals surface area contributed by atoms with Gasteiger partial charge < -0.3 is 0 Å². The molecule has 0 aliphatic heterocycles. The molecule has 0 aromatic carbocycles. The zero-order valence-corrected chi connectivity index (χ0v) is 15.3. The molecule has 0 atom stereocenters. The van der Waals surface area contributed by atoms with Crippen LogP contribution in [0.2, 0.25) is 0 Å². The molecule has 0 unspecified atom stereocenters. The van der Waals surface area contributed by atoms with E-state index < -0.39 is 0 Å². The zero-order chi connectivity index (χ0) is 16.1. The SMILES string of the molecule is CCCCCCCCCCCCCCCCCCCC[C]=O. The van der Waals surface area contributed by atoms with Crippen molar-refractivity contribution >= 4 is 6.29 Å². The van der Waals surface area contributed by atoms with Gasteiger partial charge in [-0.3, -0.25) is 4.79 Å². The van der Waals surface area contributed by atoms with Gasteiger partial charge in [-0.15, -0.1) is 0 Å². The second-order valence-corrected chi connectivity index (χ2v) is 6.90. The minimum Gasteiger partial charge on any atom is -0.291 e. The first kappa shape index (κ1) is 21.7. The lowest BCUT2D eigenvalue weighted by Gasteiger charge is -2.03. The van der Waals surface area contributed by atoms with Gasteiger partial charge in [0.1, 0.15) is 0 Å². The van der Waals surface area contributed by atoms with Crippen LogP contribution in [0.1, 0.15) is 129 Å². The summed E-state index contributed by atoms with van der Waals surface area (Å²) < 4.78 is 0. The minimum atomic E-state index is 0.638. The molecule has 0 rings (SSSR count). The van der Waals surface area contributed by atoms with Crippen LogP contribution in [0, 0.1) is 0 Å². The first-order valence-electron chi connectivity index (χ1n) is 10.3. The summed E-state index contributed by atoms with van der Waals surface area (Å²) in [6.07, 6.45) is 27.7. The molecule has 0 bridgehead atoms. The van der Waals surface area contributed by atoms with Gasteiger partial charge in [0, 0.05) is 6.42 Å². The smallest absolute Gasteiger partial charge is 0.198 e. The topological polar surface area (TPSA) is 17.1 Å². The van der Waals surface area contributed by atoms with Crippen molar-refractivity contribution in [2.75, 3.05) is 0 Å². The monoisotopic (exact) mass is 309 g/mol. The Morgan fingerprint density at radius 2 is 0.727 bits per heavy atom. The van der Waals surface area contributed by atoms with Gasteiger partial charge in [0.2, 0.25) is 0 Å². The molecule has 0 aliphatic carbocycles. The Balaban J connectivity index is 2.92. The maximum Gasteiger partial charge on any atom is 0.198 e. The maximum absolute atomic E-state index is 10.1. The van der Waals surface area contributed by atoms with E-state index in [-0.39, 0.29) is 0 Å². The molecule has 0 aromatic heterocycles. The molecule has 1 nitrogen and oxygen atoms in total. The molecule has 1 radical (unpaired) electrons. The highest BCUT2D eigenvalue weighted by atomic mass is 16.1. The normalized spacial score (nSPS) is 11.0. The molecule has 0 saturated carbocycles. The van der Waals surface area contributed by atoms with E-state index in [1.54, 1.807) is 0 Å². The Morgan fingerprint density at radius 3 is 1.00 bits per heavy atom. The molecule has 131 valence electrons. The van der Waals surface area contributed by atoms with E-state index in [2.05, 4.69) is 6.92 Å². The standard InChI is InChI=1S/C21H41O/c1-2-3-4-5-6-7-8-9-10-11-12-13-14-15-16-17-18-19-20-21-22/h2-20H2,1H3. The molecule has 0 aromatic rings. The number of carbonyl (C=O) groups excluding carboxylic acids is 1. The molecule has 0 saturated heterocycles. The zero-order valence-electron chi connectivity index (χ0n) is 15.3. The van der Waals surface area contributed by atoms with E-state index in [1.165, 1.54) is 109 Å². The summed E-state index contributed by atoms with van der Waals surface area (Å²) in [6, 6.07) is 0. The Labute approximate surface area is 140 Å². The van der Waals surface area contributed by atoms with Gasteiger partial charge in [0.05, 0.1) is 0 Å². The summed E-state index contributed by atoms with van der Waals surface area (Å²) in [5.74, 6) is 0. The number of hydrogen-bond donors (Lipinski definition) is 0. The van der Waals surface area contributed by atoms with Gasteiger partial charge >= 0.3 is 0 Å². The van der Waals surface area contributed by atoms with E-state index >= 15 is 0 Å². The third-order valence-corrected chi connectivity index (χ3v) is 4.63. The van der Waals surface area contributed by atoms with Crippen molar-refractivity contribution < 1.29 is 4.79 Å². The molecular formula is C21H41O. The summed E-state index contributed by atoms with van der Waals surface area (Å²) in [6.45, 7) is 2.29. The molecule has 0 fully saturated rings. The highest BCUT2D eigenvalue weighted by Crippen LogP contribution is 2.14. The van der Waals surface area contributed by atoms with Crippen LogP contribution in [0.25, 0.3) is 0 Å². The molecule has 0 heterocycles. The van der Waals surface area contributed by atoms with Crippen molar-refractivity contribution in [2.24, 2.45) is 0 Å². The number of hydrogen-bond acceptors (Lipinski definition) is 1. The number of unbranched alkanes of at least 4 members (excludes halogenated alkanes) is 18. The van der Waals surface area contributed by atoms with E-state index in [1.807, 2.05) is 6.29 Å². The average Bonchev–Trinajstić information content (AvgIpc) is 2.54. The predicted molar refractivity (Wildman–Crippen MR) is 99.1 cm³/mol. The molecule has 1 heteroatoms. The predicted octanol–water partition coefficient (Wildman–Crippen LogP) is 7.53. The quantitative estimate of drug-likeness (QED) is 0.225. The minimum absolute atomic E-state index is 0.638. The highest BCUT2D eigenvalue weighted by molar-refractivity contribution is 5.50. The summed E-state index contributed by atoms with van der Waals surface area (Å²) in [4.78, 5) is 10.1. The molecule has 0 spiro atoms. The van der Waals surface area contributed by atoms with Crippen LogP contribution < -0.4 is 0 Å². The Bertz CT molecular complexity index is 200. The van der Waals surface area contributed by atoms with Crippen LogP contribution in [0.15, 0.2) is 0 Å². The van der Waals surface area contributed by atoms with E-state index in [9.17, 15) is 4.79 Å². The third kappa shape index (κ3) is 19.7. The van der Waals surface area contributed by atoms with Crippen LogP contribution >= 0.6 is 0 Å². The number of rotatable bonds is 19. The Morgan fingerprint density at radius 1 is 0.455 bits per heavy atom. The van der Waals surface area contributed by atoms with Crippen LogP contribution in [-0.2, 0) is 4.79 Å². The van der Waals surface area contributed by atoms with Gasteiger partial charge in [-0.2, -0.15) is 0 Å². The summed E-state index contributed by atoms with van der Waals surface area (Å²) in [5, 5.41) is 0. The lowest BCUT2D eigenvalue weighted by Crippen LogP contribution is -1.84.